The summed E-state index contributed by atoms with van der Waals surface area (Å²) in [5.74, 6) is 0. The lowest BCUT2D eigenvalue weighted by molar-refractivity contribution is 0.0733. The minimum Gasteiger partial charge on any atom is -0.314 e. The maximum absolute atomic E-state index is 3.60. The lowest BCUT2D eigenvalue weighted by atomic mass is 9.90. The highest BCUT2D eigenvalue weighted by Crippen LogP contribution is 2.27. The van der Waals surface area contributed by atoms with Crippen molar-refractivity contribution in [1.29, 1.82) is 0 Å². The molecule has 2 saturated heterocycles. The smallest absolute Gasteiger partial charge is 0.0153 e. The van der Waals surface area contributed by atoms with E-state index in [-0.39, 0.29) is 0 Å². The molecule has 2 rings (SSSR count). The summed E-state index contributed by atoms with van der Waals surface area (Å²) in [4.78, 5) is 2.70. The van der Waals surface area contributed by atoms with Crippen LogP contribution in [0, 0.1) is 0 Å². The van der Waals surface area contributed by atoms with Crippen molar-refractivity contribution in [3.63, 3.8) is 0 Å². The molecular formula is C13H26N2. The van der Waals surface area contributed by atoms with Gasteiger partial charge >= 0.3 is 0 Å². The monoisotopic (exact) mass is 210 g/mol. The van der Waals surface area contributed by atoms with E-state index in [4.69, 9.17) is 0 Å². The van der Waals surface area contributed by atoms with Crippen molar-refractivity contribution in [2.24, 2.45) is 0 Å². The Morgan fingerprint density at radius 1 is 1.27 bits per heavy atom. The van der Waals surface area contributed by atoms with Crippen LogP contribution in [0.2, 0.25) is 0 Å². The van der Waals surface area contributed by atoms with Crippen LogP contribution < -0.4 is 5.32 Å². The van der Waals surface area contributed by atoms with Gasteiger partial charge in [0.2, 0.25) is 0 Å². The number of nitrogens with zero attached hydrogens (tertiary/aromatic N) is 1. The molecule has 0 bridgehead atoms. The van der Waals surface area contributed by atoms with Gasteiger partial charge in [0.1, 0.15) is 0 Å². The molecule has 0 aromatic carbocycles. The molecule has 2 fully saturated rings. The number of likely N-dealkylation sites (tertiary alicyclic amines) is 1. The molecule has 1 N–H and O–H groups in total. The van der Waals surface area contributed by atoms with Crippen molar-refractivity contribution in [3.8, 4) is 0 Å². The molecule has 15 heavy (non-hydrogen) atoms. The molecule has 2 aliphatic rings. The van der Waals surface area contributed by atoms with Crippen LogP contribution >= 0.6 is 0 Å². The van der Waals surface area contributed by atoms with E-state index >= 15 is 0 Å². The van der Waals surface area contributed by atoms with Crippen LogP contribution in [-0.2, 0) is 0 Å². The fourth-order valence-electron chi connectivity index (χ4n) is 3.05. The Kier molecular flexibility index (Phi) is 3.68. The summed E-state index contributed by atoms with van der Waals surface area (Å²) in [6.07, 6.45) is 8.34. The molecule has 2 nitrogen and oxygen atoms in total. The van der Waals surface area contributed by atoms with Gasteiger partial charge in [-0.1, -0.05) is 6.42 Å². The Hall–Kier alpha value is -0.0800. The molecule has 0 spiro atoms. The molecule has 2 aliphatic heterocycles. The molecule has 2 heteroatoms. The van der Waals surface area contributed by atoms with Crippen LogP contribution in [0.5, 0.6) is 0 Å². The molecular weight excluding hydrogens is 184 g/mol. The van der Waals surface area contributed by atoms with Gasteiger partial charge in [0, 0.05) is 18.1 Å². The van der Waals surface area contributed by atoms with Gasteiger partial charge in [-0.05, 0) is 59.0 Å². The topological polar surface area (TPSA) is 15.3 Å². The van der Waals surface area contributed by atoms with Crippen molar-refractivity contribution in [1.82, 2.24) is 10.2 Å². The first-order chi connectivity index (χ1) is 7.18. The van der Waals surface area contributed by atoms with Crippen LogP contribution in [-0.4, -0.2) is 36.1 Å². The lowest BCUT2D eigenvalue weighted by Crippen LogP contribution is -2.48. The Morgan fingerprint density at radius 2 is 2.13 bits per heavy atom. The van der Waals surface area contributed by atoms with Crippen molar-refractivity contribution in [2.45, 2.75) is 64.0 Å². The van der Waals surface area contributed by atoms with Gasteiger partial charge in [-0.3, -0.25) is 4.90 Å². The van der Waals surface area contributed by atoms with E-state index in [1.807, 2.05) is 0 Å². The van der Waals surface area contributed by atoms with E-state index in [1.165, 1.54) is 58.2 Å². The summed E-state index contributed by atoms with van der Waals surface area (Å²) in [5.41, 5.74) is 0.455. The van der Waals surface area contributed by atoms with Crippen molar-refractivity contribution in [2.75, 3.05) is 19.6 Å². The Balaban J connectivity index is 1.76. The summed E-state index contributed by atoms with van der Waals surface area (Å²) in [7, 11) is 0. The molecule has 0 saturated carbocycles. The molecule has 0 aromatic rings. The molecule has 0 amide bonds. The van der Waals surface area contributed by atoms with Crippen LogP contribution in [0.1, 0.15) is 52.4 Å². The second kappa shape index (κ2) is 4.84. The molecule has 1 unspecified atom stereocenters. The van der Waals surface area contributed by atoms with E-state index in [1.54, 1.807) is 0 Å². The highest BCUT2D eigenvalue weighted by atomic mass is 15.2. The number of rotatable bonds is 3. The third-order valence-corrected chi connectivity index (χ3v) is 4.23. The highest BCUT2D eigenvalue weighted by molar-refractivity contribution is 4.86. The van der Waals surface area contributed by atoms with Gasteiger partial charge in [0.15, 0.2) is 0 Å². The first-order valence-electron chi connectivity index (χ1n) is 6.67. The molecule has 1 atom stereocenters. The van der Waals surface area contributed by atoms with Crippen LogP contribution in [0.25, 0.3) is 0 Å². The quantitative estimate of drug-likeness (QED) is 0.769. The second-order valence-electron chi connectivity index (χ2n) is 5.84. The second-order valence-corrected chi connectivity index (χ2v) is 5.84. The molecule has 0 aliphatic carbocycles. The minimum atomic E-state index is 0.455. The average molecular weight is 210 g/mol. The number of hydrogen-bond donors (Lipinski definition) is 1. The summed E-state index contributed by atoms with van der Waals surface area (Å²) in [6.45, 7) is 8.68. The Morgan fingerprint density at radius 3 is 2.80 bits per heavy atom. The third-order valence-electron chi connectivity index (χ3n) is 4.23. The van der Waals surface area contributed by atoms with Crippen LogP contribution in [0.15, 0.2) is 0 Å². The summed E-state index contributed by atoms with van der Waals surface area (Å²) in [5, 5.41) is 3.60. The minimum absolute atomic E-state index is 0.455. The zero-order chi connectivity index (χ0) is 10.7. The maximum Gasteiger partial charge on any atom is 0.0153 e. The molecule has 2 heterocycles. The number of piperidine rings is 1. The molecule has 88 valence electrons. The van der Waals surface area contributed by atoms with Gasteiger partial charge in [0.25, 0.3) is 0 Å². The largest absolute Gasteiger partial charge is 0.314 e. The Labute approximate surface area is 94.4 Å². The highest BCUT2D eigenvalue weighted by Gasteiger charge is 2.29. The molecule has 0 aromatic heterocycles. The van der Waals surface area contributed by atoms with E-state index in [9.17, 15) is 0 Å². The summed E-state index contributed by atoms with van der Waals surface area (Å²) in [6, 6.07) is 0.808. The van der Waals surface area contributed by atoms with E-state index in [0.717, 1.165) is 6.04 Å². The van der Waals surface area contributed by atoms with Crippen molar-refractivity contribution >= 4 is 0 Å². The Bertz CT molecular complexity index is 195. The van der Waals surface area contributed by atoms with Crippen LogP contribution in [0.3, 0.4) is 0 Å². The zero-order valence-corrected chi connectivity index (χ0v) is 10.4. The standard InChI is InChI=1S/C13H26N2/c1-13(2)8-3-4-10-15(13)11-7-12-6-5-9-14-12/h12,14H,3-11H2,1-2H3. The fourth-order valence-corrected chi connectivity index (χ4v) is 3.05. The first-order valence-corrected chi connectivity index (χ1v) is 6.67. The first kappa shape index (κ1) is 11.4. The number of nitrogens with one attached hydrogen (secondary N) is 1. The number of hydrogen-bond acceptors (Lipinski definition) is 2. The van der Waals surface area contributed by atoms with Crippen LogP contribution in [0.4, 0.5) is 0 Å². The zero-order valence-electron chi connectivity index (χ0n) is 10.4. The SMILES string of the molecule is CC1(C)CCCCN1CCC1CCCN1. The van der Waals surface area contributed by atoms with Gasteiger partial charge in [-0.2, -0.15) is 0 Å². The van der Waals surface area contributed by atoms with E-state index < -0.39 is 0 Å². The summed E-state index contributed by atoms with van der Waals surface area (Å²) >= 11 is 0. The average Bonchev–Trinajstić information content (AvgIpc) is 2.68. The van der Waals surface area contributed by atoms with E-state index in [2.05, 4.69) is 24.1 Å². The van der Waals surface area contributed by atoms with Gasteiger partial charge in [-0.25, -0.2) is 0 Å². The third kappa shape index (κ3) is 2.94. The van der Waals surface area contributed by atoms with Gasteiger partial charge in [-0.15, -0.1) is 0 Å². The summed E-state index contributed by atoms with van der Waals surface area (Å²) < 4.78 is 0. The lowest BCUT2D eigenvalue weighted by Gasteiger charge is -2.43. The van der Waals surface area contributed by atoms with E-state index in [0.29, 0.717) is 5.54 Å². The normalized spacial score (nSPS) is 32.0. The van der Waals surface area contributed by atoms with Gasteiger partial charge < -0.3 is 5.32 Å². The van der Waals surface area contributed by atoms with Crippen molar-refractivity contribution < 1.29 is 0 Å². The van der Waals surface area contributed by atoms with Gasteiger partial charge in [0.05, 0.1) is 0 Å². The maximum atomic E-state index is 3.60. The predicted molar refractivity (Wildman–Crippen MR) is 65.1 cm³/mol. The fraction of sp³-hybridized carbons (Fsp3) is 1.00. The molecule has 0 radical (unpaired) electrons. The predicted octanol–water partition coefficient (Wildman–Crippen LogP) is 2.39. The van der Waals surface area contributed by atoms with Crippen molar-refractivity contribution in [3.05, 3.63) is 0 Å².